The average molecular weight is 272 g/mol. The van der Waals surface area contributed by atoms with Crippen molar-refractivity contribution < 1.29 is 25.8 Å². The van der Waals surface area contributed by atoms with Gasteiger partial charge in [-0.05, 0) is 23.8 Å². The summed E-state index contributed by atoms with van der Waals surface area (Å²) in [5, 5.41) is 0. The molecule has 1 rings (SSSR count). The Hall–Kier alpha value is -0.720. The maximum atomic E-state index is 12.1. The van der Waals surface area contributed by atoms with Crippen LogP contribution in [-0.4, -0.2) is 13.9 Å². The average Bonchev–Trinajstić information content (AvgIpc) is 1.94. The van der Waals surface area contributed by atoms with Gasteiger partial charge in [-0.2, -0.15) is 21.6 Å². The quantitative estimate of drug-likeness (QED) is 0.572. The lowest BCUT2D eigenvalue weighted by Crippen LogP contribution is -2.28. The molecule has 7 heteroatoms. The lowest BCUT2D eigenvalue weighted by atomic mass is 9.76. The van der Waals surface area contributed by atoms with Crippen molar-refractivity contribution in [1.29, 1.82) is 0 Å². The molecule has 0 aromatic heterocycles. The van der Waals surface area contributed by atoms with Crippen LogP contribution in [0.5, 0.6) is 0 Å². The fourth-order valence-corrected chi connectivity index (χ4v) is 2.59. The molecule has 1 aliphatic rings. The molecule has 17 heavy (non-hydrogen) atoms. The van der Waals surface area contributed by atoms with E-state index in [2.05, 4.69) is 4.18 Å². The molecule has 0 spiro atoms. The maximum absolute atomic E-state index is 12.1. The van der Waals surface area contributed by atoms with Crippen molar-refractivity contribution in [1.82, 2.24) is 0 Å². The fourth-order valence-electron chi connectivity index (χ4n) is 2.10. The number of halogens is 3. The summed E-state index contributed by atoms with van der Waals surface area (Å²) in [4.78, 5) is 0. The van der Waals surface area contributed by atoms with Crippen LogP contribution in [0.4, 0.5) is 13.2 Å². The molecule has 1 atom stereocenters. The zero-order valence-electron chi connectivity index (χ0n) is 9.84. The van der Waals surface area contributed by atoms with Crippen LogP contribution in [0.15, 0.2) is 11.8 Å². The first-order valence-electron chi connectivity index (χ1n) is 5.14. The molecule has 0 heterocycles. The van der Waals surface area contributed by atoms with E-state index in [0.717, 1.165) is 6.42 Å². The third-order valence-corrected chi connectivity index (χ3v) is 3.50. The van der Waals surface area contributed by atoms with Crippen LogP contribution in [0.1, 0.15) is 33.6 Å². The van der Waals surface area contributed by atoms with Crippen LogP contribution in [0.25, 0.3) is 0 Å². The Kier molecular flexibility index (Phi) is 3.53. The highest BCUT2D eigenvalue weighted by molar-refractivity contribution is 7.87. The van der Waals surface area contributed by atoms with Crippen LogP contribution in [0.2, 0.25) is 0 Å². The fraction of sp³-hybridized carbons (Fsp3) is 0.800. The van der Waals surface area contributed by atoms with Crippen molar-refractivity contribution in [2.45, 2.75) is 39.1 Å². The van der Waals surface area contributed by atoms with Crippen molar-refractivity contribution in [3.8, 4) is 0 Å². The van der Waals surface area contributed by atoms with Gasteiger partial charge in [0.05, 0.1) is 0 Å². The largest absolute Gasteiger partial charge is 0.534 e. The Balaban J connectivity index is 2.90. The van der Waals surface area contributed by atoms with Gasteiger partial charge in [0.2, 0.25) is 0 Å². The Morgan fingerprint density at radius 3 is 2.35 bits per heavy atom. The minimum Gasteiger partial charge on any atom is -0.381 e. The van der Waals surface area contributed by atoms with Gasteiger partial charge in [-0.3, -0.25) is 0 Å². The summed E-state index contributed by atoms with van der Waals surface area (Å²) in [6.45, 7) is 5.53. The predicted octanol–water partition coefficient (Wildman–Crippen LogP) is 3.19. The predicted molar refractivity (Wildman–Crippen MR) is 56.3 cm³/mol. The molecule has 3 nitrogen and oxygen atoms in total. The normalized spacial score (nSPS) is 25.3. The summed E-state index contributed by atoms with van der Waals surface area (Å²) in [5.74, 6) is -0.122. The molecule has 0 saturated carbocycles. The third kappa shape index (κ3) is 3.62. The molecular weight excluding hydrogens is 257 g/mol. The summed E-state index contributed by atoms with van der Waals surface area (Å²) in [5.41, 5.74) is -5.64. The van der Waals surface area contributed by atoms with Crippen LogP contribution in [-0.2, 0) is 14.3 Å². The molecule has 0 fully saturated rings. The van der Waals surface area contributed by atoms with Gasteiger partial charge in [0.15, 0.2) is 0 Å². The van der Waals surface area contributed by atoms with Crippen LogP contribution < -0.4 is 0 Å². The first-order chi connectivity index (χ1) is 7.43. The number of hydrogen-bond donors (Lipinski definition) is 0. The van der Waals surface area contributed by atoms with Crippen molar-refractivity contribution in [3.63, 3.8) is 0 Å². The number of hydrogen-bond acceptors (Lipinski definition) is 3. The minimum absolute atomic E-state index is 0.00261. The number of alkyl halides is 3. The van der Waals surface area contributed by atoms with E-state index in [0.29, 0.717) is 0 Å². The third-order valence-electron chi connectivity index (χ3n) is 2.50. The van der Waals surface area contributed by atoms with Crippen molar-refractivity contribution in [3.05, 3.63) is 11.8 Å². The van der Waals surface area contributed by atoms with Crippen LogP contribution in [0.3, 0.4) is 0 Å². The topological polar surface area (TPSA) is 43.4 Å². The maximum Gasteiger partial charge on any atom is 0.534 e. The number of rotatable bonds is 2. The first-order valence-corrected chi connectivity index (χ1v) is 6.55. The summed E-state index contributed by atoms with van der Waals surface area (Å²) in [6, 6.07) is 0. The molecule has 100 valence electrons. The molecule has 0 amide bonds. The minimum atomic E-state index is -5.54. The van der Waals surface area contributed by atoms with Crippen molar-refractivity contribution in [2.75, 3.05) is 0 Å². The van der Waals surface area contributed by atoms with E-state index in [4.69, 9.17) is 0 Å². The van der Waals surface area contributed by atoms with E-state index in [-0.39, 0.29) is 23.5 Å². The SMILES string of the molecule is CC1C=C(OS(=O)(=O)C(F)(F)F)CC(C)(C)C1. The Morgan fingerprint density at radius 2 is 1.94 bits per heavy atom. The first kappa shape index (κ1) is 14.3. The smallest absolute Gasteiger partial charge is 0.381 e. The Bertz CT molecular complexity index is 421. The zero-order valence-corrected chi connectivity index (χ0v) is 10.7. The van der Waals surface area contributed by atoms with E-state index < -0.39 is 15.6 Å². The highest BCUT2D eigenvalue weighted by atomic mass is 32.2. The van der Waals surface area contributed by atoms with E-state index in [9.17, 15) is 21.6 Å². The summed E-state index contributed by atoms with van der Waals surface area (Å²) in [7, 11) is -5.54. The second-order valence-corrected chi connectivity index (χ2v) is 6.68. The van der Waals surface area contributed by atoms with Crippen LogP contribution >= 0.6 is 0 Å². The molecule has 1 aliphatic carbocycles. The Morgan fingerprint density at radius 1 is 1.41 bits per heavy atom. The van der Waals surface area contributed by atoms with Gasteiger partial charge in [-0.15, -0.1) is 0 Å². The highest BCUT2D eigenvalue weighted by Gasteiger charge is 2.49. The van der Waals surface area contributed by atoms with Gasteiger partial charge in [0, 0.05) is 6.42 Å². The van der Waals surface area contributed by atoms with Crippen LogP contribution in [0, 0.1) is 11.3 Å². The van der Waals surface area contributed by atoms with Crippen molar-refractivity contribution in [2.24, 2.45) is 11.3 Å². The second kappa shape index (κ2) is 4.19. The molecule has 0 aromatic carbocycles. The van der Waals surface area contributed by atoms with E-state index in [1.807, 2.05) is 20.8 Å². The van der Waals surface area contributed by atoms with E-state index >= 15 is 0 Å². The molecule has 0 radical (unpaired) electrons. The van der Waals surface area contributed by atoms with E-state index in [1.165, 1.54) is 6.08 Å². The standard InChI is InChI=1S/C10H15F3O3S/c1-7-4-8(6-9(2,3)5-7)16-17(14,15)10(11,12)13/h4,7H,5-6H2,1-3H3. The summed E-state index contributed by atoms with van der Waals surface area (Å²) in [6.07, 6.45) is 2.41. The van der Waals surface area contributed by atoms with Gasteiger partial charge < -0.3 is 4.18 Å². The zero-order chi connectivity index (χ0) is 13.5. The molecular formula is C10H15F3O3S. The molecule has 0 aromatic rings. The van der Waals surface area contributed by atoms with E-state index in [1.54, 1.807) is 0 Å². The van der Waals surface area contributed by atoms with Gasteiger partial charge in [0.1, 0.15) is 5.76 Å². The number of allylic oxidation sites excluding steroid dienone is 2. The molecule has 0 N–H and O–H groups in total. The summed E-state index contributed by atoms with van der Waals surface area (Å²) < 4.78 is 62.3. The van der Waals surface area contributed by atoms with Gasteiger partial charge in [-0.1, -0.05) is 20.8 Å². The Labute approximate surface area is 98.8 Å². The van der Waals surface area contributed by atoms with Gasteiger partial charge in [-0.25, -0.2) is 0 Å². The molecule has 0 saturated heterocycles. The van der Waals surface area contributed by atoms with Gasteiger partial charge in [0.25, 0.3) is 0 Å². The lowest BCUT2D eigenvalue weighted by molar-refractivity contribution is -0.0527. The second-order valence-electron chi connectivity index (χ2n) is 5.14. The molecule has 0 bridgehead atoms. The molecule has 0 aliphatic heterocycles. The monoisotopic (exact) mass is 272 g/mol. The van der Waals surface area contributed by atoms with Crippen molar-refractivity contribution >= 4 is 10.1 Å². The highest BCUT2D eigenvalue weighted by Crippen LogP contribution is 2.40. The molecule has 1 unspecified atom stereocenters. The lowest BCUT2D eigenvalue weighted by Gasteiger charge is -2.32. The van der Waals surface area contributed by atoms with Gasteiger partial charge >= 0.3 is 15.6 Å². The summed E-state index contributed by atoms with van der Waals surface area (Å²) >= 11 is 0.